The van der Waals surface area contributed by atoms with Gasteiger partial charge in [-0.1, -0.05) is 32.3 Å². The summed E-state index contributed by atoms with van der Waals surface area (Å²) in [6.07, 6.45) is 1.48. The molecule has 0 rings (SSSR count). The lowest BCUT2D eigenvalue weighted by atomic mass is 10.0. The van der Waals surface area contributed by atoms with E-state index in [1.807, 2.05) is 20.8 Å². The topological polar surface area (TPSA) is 64.7 Å². The second kappa shape index (κ2) is 5.71. The maximum Gasteiger partial charge on any atom is 0.183 e. The van der Waals surface area contributed by atoms with Crippen molar-refractivity contribution in [2.75, 3.05) is 0 Å². The molecule has 0 spiro atoms. The zero-order valence-electron chi connectivity index (χ0n) is 7.83. The molecule has 4 nitrogen and oxygen atoms in total. The van der Waals surface area contributed by atoms with Gasteiger partial charge in [-0.15, -0.1) is 5.90 Å². The van der Waals surface area contributed by atoms with Gasteiger partial charge in [0.1, 0.15) is 5.71 Å². The molecule has 0 saturated heterocycles. The van der Waals surface area contributed by atoms with E-state index in [1.54, 1.807) is 0 Å². The molecule has 0 heterocycles. The highest BCUT2D eigenvalue weighted by Crippen LogP contribution is 2.02. The van der Waals surface area contributed by atoms with Crippen molar-refractivity contribution in [1.82, 2.24) is 0 Å². The van der Waals surface area contributed by atoms with E-state index < -0.39 is 0 Å². The van der Waals surface area contributed by atoms with Gasteiger partial charge in [-0.2, -0.15) is 0 Å². The van der Waals surface area contributed by atoms with Gasteiger partial charge in [0.2, 0.25) is 0 Å². The summed E-state index contributed by atoms with van der Waals surface area (Å²) >= 11 is 0. The SMILES string of the molecule is CCC/C(=N\ON)C(=O)C(C)C. The Morgan fingerprint density at radius 2 is 2.17 bits per heavy atom. The Hall–Kier alpha value is -0.900. The monoisotopic (exact) mass is 172 g/mol. The van der Waals surface area contributed by atoms with Crippen LogP contribution >= 0.6 is 0 Å². The van der Waals surface area contributed by atoms with Crippen molar-refractivity contribution in [3.8, 4) is 0 Å². The third-order valence-electron chi connectivity index (χ3n) is 1.46. The van der Waals surface area contributed by atoms with Crippen LogP contribution < -0.4 is 5.90 Å². The first-order valence-corrected chi connectivity index (χ1v) is 4.10. The van der Waals surface area contributed by atoms with Crippen molar-refractivity contribution in [2.45, 2.75) is 33.6 Å². The maximum absolute atomic E-state index is 11.4. The molecule has 0 aromatic rings. The fraction of sp³-hybridized carbons (Fsp3) is 0.750. The van der Waals surface area contributed by atoms with Crippen molar-refractivity contribution in [3.63, 3.8) is 0 Å². The highest BCUT2D eigenvalue weighted by Gasteiger charge is 2.14. The van der Waals surface area contributed by atoms with Crippen LogP contribution in [0.15, 0.2) is 5.16 Å². The van der Waals surface area contributed by atoms with Gasteiger partial charge >= 0.3 is 0 Å². The van der Waals surface area contributed by atoms with E-state index in [0.717, 1.165) is 6.42 Å². The van der Waals surface area contributed by atoms with Crippen molar-refractivity contribution in [1.29, 1.82) is 0 Å². The normalized spacial score (nSPS) is 11.9. The van der Waals surface area contributed by atoms with Crippen LogP contribution in [-0.2, 0) is 9.73 Å². The Labute approximate surface area is 72.7 Å². The number of nitrogens with two attached hydrogens (primary N) is 1. The van der Waals surface area contributed by atoms with Gasteiger partial charge in [0.25, 0.3) is 0 Å². The van der Waals surface area contributed by atoms with E-state index in [2.05, 4.69) is 10.1 Å². The summed E-state index contributed by atoms with van der Waals surface area (Å²) in [4.78, 5) is 15.5. The molecule has 70 valence electrons. The van der Waals surface area contributed by atoms with E-state index >= 15 is 0 Å². The van der Waals surface area contributed by atoms with Crippen LogP contribution in [0.1, 0.15) is 33.6 Å². The van der Waals surface area contributed by atoms with E-state index in [0.29, 0.717) is 12.1 Å². The highest BCUT2D eigenvalue weighted by atomic mass is 16.7. The molecule has 0 atom stereocenters. The molecule has 12 heavy (non-hydrogen) atoms. The Morgan fingerprint density at radius 3 is 2.50 bits per heavy atom. The average molecular weight is 172 g/mol. The summed E-state index contributed by atoms with van der Waals surface area (Å²) < 4.78 is 0. The molecule has 0 aromatic heterocycles. The van der Waals surface area contributed by atoms with Crippen LogP contribution in [0.3, 0.4) is 0 Å². The van der Waals surface area contributed by atoms with Gasteiger partial charge in [-0.25, -0.2) is 0 Å². The molecule has 4 heteroatoms. The van der Waals surface area contributed by atoms with Crippen LogP contribution in [0.4, 0.5) is 0 Å². The van der Waals surface area contributed by atoms with Gasteiger partial charge in [-0.05, 0) is 6.42 Å². The Balaban J connectivity index is 4.30. The number of ketones is 1. The highest BCUT2D eigenvalue weighted by molar-refractivity contribution is 6.40. The number of Topliss-reactive ketones (excluding diaryl/α,β-unsaturated/α-hetero) is 1. The molecule has 0 amide bonds. The quantitative estimate of drug-likeness (QED) is 0.501. The number of carbonyl (C=O) groups is 1. The van der Waals surface area contributed by atoms with E-state index in [4.69, 9.17) is 5.90 Å². The fourth-order valence-corrected chi connectivity index (χ4v) is 0.847. The molecule has 0 radical (unpaired) electrons. The number of oxime groups is 1. The Bertz CT molecular complexity index is 176. The first-order chi connectivity index (χ1) is 5.63. The van der Waals surface area contributed by atoms with Gasteiger partial charge in [0.15, 0.2) is 5.78 Å². The summed E-state index contributed by atoms with van der Waals surface area (Å²) in [5, 5.41) is 3.48. The second-order valence-corrected chi connectivity index (χ2v) is 2.91. The molecule has 0 saturated carbocycles. The van der Waals surface area contributed by atoms with Gasteiger partial charge < -0.3 is 4.94 Å². The zero-order valence-corrected chi connectivity index (χ0v) is 7.83. The standard InChI is InChI=1S/C8H16N2O2/c1-4-5-7(10-12-9)8(11)6(2)3/h6H,4-5,9H2,1-3H3/b10-7+. The molecule has 0 bridgehead atoms. The summed E-state index contributed by atoms with van der Waals surface area (Å²) in [6.45, 7) is 5.62. The first kappa shape index (κ1) is 11.1. The number of hydrogen-bond acceptors (Lipinski definition) is 4. The van der Waals surface area contributed by atoms with Crippen molar-refractivity contribution in [3.05, 3.63) is 0 Å². The van der Waals surface area contributed by atoms with Crippen LogP contribution in [0.5, 0.6) is 0 Å². The minimum absolute atomic E-state index is 0.00213. The largest absolute Gasteiger partial charge is 0.302 e. The van der Waals surface area contributed by atoms with Gasteiger partial charge in [0.05, 0.1) is 0 Å². The van der Waals surface area contributed by atoms with Crippen LogP contribution in [0, 0.1) is 5.92 Å². The van der Waals surface area contributed by atoms with Crippen LogP contribution in [0.2, 0.25) is 0 Å². The lowest BCUT2D eigenvalue weighted by Gasteiger charge is -2.04. The van der Waals surface area contributed by atoms with Gasteiger partial charge in [-0.3, -0.25) is 4.79 Å². The number of hydrogen-bond donors (Lipinski definition) is 1. The molecule has 0 aliphatic carbocycles. The molecule has 0 aliphatic rings. The van der Waals surface area contributed by atoms with Crippen LogP contribution in [0.25, 0.3) is 0 Å². The maximum atomic E-state index is 11.4. The Morgan fingerprint density at radius 1 is 1.58 bits per heavy atom. The minimum Gasteiger partial charge on any atom is -0.302 e. The van der Waals surface area contributed by atoms with Crippen LogP contribution in [-0.4, -0.2) is 11.5 Å². The predicted octanol–water partition coefficient (Wildman–Crippen LogP) is 1.26. The fourth-order valence-electron chi connectivity index (χ4n) is 0.847. The summed E-state index contributed by atoms with van der Waals surface area (Å²) in [6, 6.07) is 0. The Kier molecular flexibility index (Phi) is 5.28. The van der Waals surface area contributed by atoms with E-state index in [-0.39, 0.29) is 11.7 Å². The summed E-state index contributed by atoms with van der Waals surface area (Å²) in [5.41, 5.74) is 0.426. The van der Waals surface area contributed by atoms with Crippen molar-refractivity contribution < 1.29 is 9.73 Å². The average Bonchev–Trinajstić information content (AvgIpc) is 2.03. The smallest absolute Gasteiger partial charge is 0.183 e. The summed E-state index contributed by atoms with van der Waals surface area (Å²) in [7, 11) is 0. The molecule has 0 fully saturated rings. The summed E-state index contributed by atoms with van der Waals surface area (Å²) in [5.74, 6) is 4.71. The molecular weight excluding hydrogens is 156 g/mol. The molecular formula is C8H16N2O2. The molecule has 0 aliphatic heterocycles. The number of nitrogens with zero attached hydrogens (tertiary/aromatic N) is 1. The number of rotatable bonds is 5. The van der Waals surface area contributed by atoms with Crippen molar-refractivity contribution >= 4 is 11.5 Å². The van der Waals surface area contributed by atoms with E-state index in [9.17, 15) is 4.79 Å². The third-order valence-corrected chi connectivity index (χ3v) is 1.46. The first-order valence-electron chi connectivity index (χ1n) is 4.10. The third kappa shape index (κ3) is 3.48. The second-order valence-electron chi connectivity index (χ2n) is 2.91. The predicted molar refractivity (Wildman–Crippen MR) is 47.5 cm³/mol. The molecule has 0 aromatic carbocycles. The molecule has 2 N–H and O–H groups in total. The lowest BCUT2D eigenvalue weighted by Crippen LogP contribution is -2.20. The lowest BCUT2D eigenvalue weighted by molar-refractivity contribution is -0.115. The zero-order chi connectivity index (χ0) is 9.56. The minimum atomic E-state index is -0.0505. The molecule has 0 unspecified atom stereocenters. The number of carbonyl (C=O) groups excluding carboxylic acids is 1. The van der Waals surface area contributed by atoms with Crippen molar-refractivity contribution in [2.24, 2.45) is 17.0 Å². The van der Waals surface area contributed by atoms with E-state index in [1.165, 1.54) is 0 Å². The van der Waals surface area contributed by atoms with Gasteiger partial charge in [0, 0.05) is 5.92 Å².